The standard InChI is InChI=1S/C19H24N2O2/c1-14-4-9-19(23-3)17(12-14)10-11-20-13-16-5-7-18(8-6-16)21-15(2)22/h4-9,12,20H,10-11,13H2,1-3H3,(H,21,22)/p+1. The molecule has 1 amide bonds. The van der Waals surface area contributed by atoms with Gasteiger partial charge in [0, 0.05) is 24.6 Å². The fraction of sp³-hybridized carbons (Fsp3) is 0.316. The van der Waals surface area contributed by atoms with Crippen LogP contribution in [0, 0.1) is 6.92 Å². The molecular formula is C19H25N2O2+. The third-order valence-electron chi connectivity index (χ3n) is 3.71. The van der Waals surface area contributed by atoms with Crippen molar-refractivity contribution < 1.29 is 14.8 Å². The summed E-state index contributed by atoms with van der Waals surface area (Å²) in [6.45, 7) is 5.55. The van der Waals surface area contributed by atoms with Gasteiger partial charge < -0.3 is 15.4 Å². The SMILES string of the molecule is COc1ccc(C)cc1CC[NH2+]Cc1ccc(NC(C)=O)cc1. The molecule has 2 rings (SSSR count). The summed E-state index contributed by atoms with van der Waals surface area (Å²) in [5.74, 6) is 0.917. The molecular weight excluding hydrogens is 288 g/mol. The van der Waals surface area contributed by atoms with Crippen LogP contribution in [-0.2, 0) is 17.8 Å². The van der Waals surface area contributed by atoms with Crippen LogP contribution in [0.5, 0.6) is 5.75 Å². The summed E-state index contributed by atoms with van der Waals surface area (Å²) >= 11 is 0. The van der Waals surface area contributed by atoms with E-state index in [-0.39, 0.29) is 5.91 Å². The van der Waals surface area contributed by atoms with Crippen LogP contribution in [-0.4, -0.2) is 19.6 Å². The minimum atomic E-state index is -0.0450. The number of hydrogen-bond donors (Lipinski definition) is 2. The van der Waals surface area contributed by atoms with Crippen molar-refractivity contribution in [3.8, 4) is 5.75 Å². The monoisotopic (exact) mass is 313 g/mol. The van der Waals surface area contributed by atoms with Crippen molar-refractivity contribution in [3.05, 3.63) is 59.2 Å². The molecule has 0 aliphatic heterocycles. The Bertz CT molecular complexity index is 651. The molecule has 0 saturated carbocycles. The van der Waals surface area contributed by atoms with Crippen molar-refractivity contribution in [2.24, 2.45) is 0 Å². The van der Waals surface area contributed by atoms with Crippen molar-refractivity contribution in [3.63, 3.8) is 0 Å². The number of carbonyl (C=O) groups is 1. The second-order valence-electron chi connectivity index (χ2n) is 5.72. The Hall–Kier alpha value is -2.33. The number of aryl methyl sites for hydroxylation is 1. The predicted octanol–water partition coefficient (Wildman–Crippen LogP) is 2.27. The van der Waals surface area contributed by atoms with E-state index in [0.717, 1.165) is 30.9 Å². The van der Waals surface area contributed by atoms with Gasteiger partial charge in [0.2, 0.25) is 5.91 Å². The lowest BCUT2D eigenvalue weighted by atomic mass is 10.1. The molecule has 2 aromatic carbocycles. The van der Waals surface area contributed by atoms with Crippen LogP contribution in [0.2, 0.25) is 0 Å². The molecule has 0 radical (unpaired) electrons. The van der Waals surface area contributed by atoms with Gasteiger partial charge in [0.1, 0.15) is 12.3 Å². The maximum atomic E-state index is 11.0. The van der Waals surface area contributed by atoms with Gasteiger partial charge in [-0.05, 0) is 30.7 Å². The molecule has 0 fully saturated rings. The number of hydrogen-bond acceptors (Lipinski definition) is 2. The van der Waals surface area contributed by atoms with Crippen molar-refractivity contribution in [2.45, 2.75) is 26.8 Å². The van der Waals surface area contributed by atoms with E-state index >= 15 is 0 Å². The molecule has 0 bridgehead atoms. The van der Waals surface area contributed by atoms with Gasteiger partial charge in [-0.15, -0.1) is 0 Å². The minimum Gasteiger partial charge on any atom is -0.496 e. The van der Waals surface area contributed by atoms with Gasteiger partial charge in [-0.25, -0.2) is 0 Å². The van der Waals surface area contributed by atoms with E-state index < -0.39 is 0 Å². The molecule has 0 spiro atoms. The van der Waals surface area contributed by atoms with Gasteiger partial charge in [0.05, 0.1) is 13.7 Å². The summed E-state index contributed by atoms with van der Waals surface area (Å²) in [5.41, 5.74) is 4.60. The number of amides is 1. The molecule has 4 heteroatoms. The highest BCUT2D eigenvalue weighted by molar-refractivity contribution is 5.88. The van der Waals surface area contributed by atoms with Crippen LogP contribution in [0.3, 0.4) is 0 Å². The lowest BCUT2D eigenvalue weighted by Gasteiger charge is -2.09. The topological polar surface area (TPSA) is 54.9 Å². The first-order valence-electron chi connectivity index (χ1n) is 7.90. The summed E-state index contributed by atoms with van der Waals surface area (Å²) in [7, 11) is 1.72. The zero-order valence-corrected chi connectivity index (χ0v) is 14.1. The first-order chi connectivity index (χ1) is 11.1. The van der Waals surface area contributed by atoms with Crippen LogP contribution < -0.4 is 15.4 Å². The highest BCUT2D eigenvalue weighted by Gasteiger charge is 2.04. The summed E-state index contributed by atoms with van der Waals surface area (Å²) < 4.78 is 5.41. The van der Waals surface area contributed by atoms with E-state index in [1.165, 1.54) is 23.6 Å². The molecule has 23 heavy (non-hydrogen) atoms. The number of nitrogens with two attached hydrogens (primary N) is 1. The molecule has 0 atom stereocenters. The Kier molecular flexibility index (Phi) is 6.18. The first kappa shape index (κ1) is 17.0. The van der Waals surface area contributed by atoms with Crippen LogP contribution in [0.25, 0.3) is 0 Å². The zero-order valence-electron chi connectivity index (χ0n) is 14.1. The summed E-state index contributed by atoms with van der Waals surface area (Å²) in [6.07, 6.45) is 0.981. The fourth-order valence-corrected chi connectivity index (χ4v) is 2.56. The van der Waals surface area contributed by atoms with E-state index in [1.54, 1.807) is 7.11 Å². The molecule has 122 valence electrons. The Labute approximate surface area is 137 Å². The molecule has 0 aromatic heterocycles. The highest BCUT2D eigenvalue weighted by Crippen LogP contribution is 2.19. The Morgan fingerprint density at radius 3 is 2.57 bits per heavy atom. The number of carbonyl (C=O) groups excluding carboxylic acids is 1. The van der Waals surface area contributed by atoms with Gasteiger partial charge in [-0.2, -0.15) is 0 Å². The minimum absolute atomic E-state index is 0.0450. The number of anilines is 1. The lowest BCUT2D eigenvalue weighted by Crippen LogP contribution is -2.83. The summed E-state index contributed by atoms with van der Waals surface area (Å²) in [6, 6.07) is 14.3. The van der Waals surface area contributed by atoms with Crippen LogP contribution in [0.4, 0.5) is 5.69 Å². The van der Waals surface area contributed by atoms with Crippen LogP contribution in [0.1, 0.15) is 23.6 Å². The van der Waals surface area contributed by atoms with Crippen molar-refractivity contribution >= 4 is 11.6 Å². The van der Waals surface area contributed by atoms with Gasteiger partial charge in [-0.3, -0.25) is 4.79 Å². The van der Waals surface area contributed by atoms with Crippen LogP contribution in [0.15, 0.2) is 42.5 Å². The Morgan fingerprint density at radius 1 is 1.17 bits per heavy atom. The third kappa shape index (κ3) is 5.42. The average molecular weight is 313 g/mol. The van der Waals surface area contributed by atoms with Crippen molar-refractivity contribution in [2.75, 3.05) is 19.0 Å². The Morgan fingerprint density at radius 2 is 1.91 bits per heavy atom. The molecule has 0 aliphatic carbocycles. The van der Waals surface area contributed by atoms with E-state index in [4.69, 9.17) is 4.74 Å². The predicted molar refractivity (Wildman–Crippen MR) is 92.7 cm³/mol. The second kappa shape index (κ2) is 8.34. The molecule has 2 aromatic rings. The largest absolute Gasteiger partial charge is 0.496 e. The van der Waals surface area contributed by atoms with Gasteiger partial charge in [-0.1, -0.05) is 29.8 Å². The van der Waals surface area contributed by atoms with Gasteiger partial charge in [0.15, 0.2) is 0 Å². The quantitative estimate of drug-likeness (QED) is 0.771. The average Bonchev–Trinajstić information content (AvgIpc) is 2.53. The molecule has 4 nitrogen and oxygen atoms in total. The van der Waals surface area contributed by atoms with E-state index in [2.05, 4.69) is 41.8 Å². The van der Waals surface area contributed by atoms with E-state index in [0.29, 0.717) is 0 Å². The van der Waals surface area contributed by atoms with E-state index in [9.17, 15) is 4.79 Å². The smallest absolute Gasteiger partial charge is 0.221 e. The van der Waals surface area contributed by atoms with Gasteiger partial charge >= 0.3 is 0 Å². The van der Waals surface area contributed by atoms with Crippen molar-refractivity contribution in [1.29, 1.82) is 0 Å². The highest BCUT2D eigenvalue weighted by atomic mass is 16.5. The molecule has 0 saturated heterocycles. The maximum absolute atomic E-state index is 11.0. The van der Waals surface area contributed by atoms with Crippen molar-refractivity contribution in [1.82, 2.24) is 0 Å². The van der Waals surface area contributed by atoms with E-state index in [1.807, 2.05) is 18.2 Å². The molecule has 0 aliphatic rings. The summed E-state index contributed by atoms with van der Waals surface area (Å²) in [5, 5.41) is 5.06. The van der Waals surface area contributed by atoms with Gasteiger partial charge in [0.25, 0.3) is 0 Å². The molecule has 0 heterocycles. The summed E-state index contributed by atoms with van der Waals surface area (Å²) in [4.78, 5) is 11.0. The molecule has 0 unspecified atom stereocenters. The van der Waals surface area contributed by atoms with Crippen LogP contribution >= 0.6 is 0 Å². The maximum Gasteiger partial charge on any atom is 0.221 e. The number of rotatable bonds is 7. The Balaban J connectivity index is 1.81. The number of methoxy groups -OCH3 is 1. The second-order valence-corrected chi connectivity index (χ2v) is 5.72. The zero-order chi connectivity index (χ0) is 16.7. The molecule has 3 N–H and O–H groups in total. The lowest BCUT2D eigenvalue weighted by molar-refractivity contribution is -0.670. The third-order valence-corrected chi connectivity index (χ3v) is 3.71. The number of benzene rings is 2. The number of ether oxygens (including phenoxy) is 1. The first-order valence-corrected chi connectivity index (χ1v) is 7.90. The number of quaternary nitrogens is 1. The number of nitrogens with one attached hydrogen (secondary N) is 1. The fourth-order valence-electron chi connectivity index (χ4n) is 2.56. The normalized spacial score (nSPS) is 10.4.